The summed E-state index contributed by atoms with van der Waals surface area (Å²) in [5.41, 5.74) is 1.21. The van der Waals surface area contributed by atoms with E-state index < -0.39 is 0 Å². The van der Waals surface area contributed by atoms with E-state index in [1.54, 1.807) is 7.11 Å². The summed E-state index contributed by atoms with van der Waals surface area (Å²) >= 11 is 0. The van der Waals surface area contributed by atoms with Crippen molar-refractivity contribution in [3.8, 4) is 11.8 Å². The Balaban J connectivity index is 1.90. The molecule has 1 saturated carbocycles. The fraction of sp³-hybridized carbons (Fsp3) is 0.533. The zero-order valence-electron chi connectivity index (χ0n) is 10.5. The van der Waals surface area contributed by atoms with Crippen LogP contribution in [-0.4, -0.2) is 19.3 Å². The SMILES string of the molecule is COc1ccc([C@H]2C(C#N)O[C@H]3CCC[C@H]32)cc1. The van der Waals surface area contributed by atoms with E-state index in [0.29, 0.717) is 12.0 Å². The molecule has 0 aromatic heterocycles. The van der Waals surface area contributed by atoms with Crippen molar-refractivity contribution in [2.24, 2.45) is 5.92 Å². The van der Waals surface area contributed by atoms with Crippen molar-refractivity contribution in [2.75, 3.05) is 7.11 Å². The molecular weight excluding hydrogens is 226 g/mol. The Morgan fingerprint density at radius 2 is 2.06 bits per heavy atom. The normalized spacial score (nSPS) is 34.0. The average molecular weight is 243 g/mol. The molecule has 1 saturated heterocycles. The molecule has 3 heteroatoms. The number of methoxy groups -OCH3 is 1. The number of benzene rings is 1. The molecule has 0 bridgehead atoms. The molecule has 4 atom stereocenters. The van der Waals surface area contributed by atoms with Gasteiger partial charge in [-0.1, -0.05) is 18.6 Å². The van der Waals surface area contributed by atoms with Crippen LogP contribution in [0.1, 0.15) is 30.7 Å². The van der Waals surface area contributed by atoms with Crippen molar-refractivity contribution in [2.45, 2.75) is 37.4 Å². The summed E-state index contributed by atoms with van der Waals surface area (Å²) in [7, 11) is 1.67. The number of nitrogens with zero attached hydrogens (tertiary/aromatic N) is 1. The van der Waals surface area contributed by atoms with Gasteiger partial charge in [0, 0.05) is 5.92 Å². The van der Waals surface area contributed by atoms with Gasteiger partial charge in [0.2, 0.25) is 0 Å². The van der Waals surface area contributed by atoms with Crippen molar-refractivity contribution in [3.63, 3.8) is 0 Å². The highest BCUT2D eigenvalue weighted by Gasteiger charge is 2.47. The first-order valence-corrected chi connectivity index (χ1v) is 6.52. The van der Waals surface area contributed by atoms with Gasteiger partial charge in [0.25, 0.3) is 0 Å². The highest BCUT2D eigenvalue weighted by atomic mass is 16.5. The molecule has 1 heterocycles. The van der Waals surface area contributed by atoms with Crippen LogP contribution in [0.4, 0.5) is 0 Å². The maximum Gasteiger partial charge on any atom is 0.151 e. The monoisotopic (exact) mass is 243 g/mol. The number of ether oxygens (including phenoxy) is 2. The first kappa shape index (κ1) is 11.6. The molecule has 2 fully saturated rings. The molecule has 0 N–H and O–H groups in total. The van der Waals surface area contributed by atoms with Gasteiger partial charge < -0.3 is 9.47 Å². The molecular formula is C15H17NO2. The summed E-state index contributed by atoms with van der Waals surface area (Å²) in [5, 5.41) is 9.25. The summed E-state index contributed by atoms with van der Waals surface area (Å²) in [6.07, 6.45) is 3.52. The second kappa shape index (κ2) is 4.62. The molecule has 3 nitrogen and oxygen atoms in total. The minimum atomic E-state index is -0.284. The lowest BCUT2D eigenvalue weighted by Crippen LogP contribution is -2.16. The van der Waals surface area contributed by atoms with E-state index in [1.807, 2.05) is 12.1 Å². The summed E-state index contributed by atoms with van der Waals surface area (Å²) < 4.78 is 11.0. The molecule has 1 aromatic rings. The Hall–Kier alpha value is -1.53. The number of nitriles is 1. The van der Waals surface area contributed by atoms with Crippen LogP contribution in [0.5, 0.6) is 5.75 Å². The summed E-state index contributed by atoms with van der Waals surface area (Å²) in [5.74, 6) is 1.60. The van der Waals surface area contributed by atoms with E-state index in [2.05, 4.69) is 18.2 Å². The minimum Gasteiger partial charge on any atom is -0.497 e. The van der Waals surface area contributed by atoms with Gasteiger partial charge in [-0.25, -0.2) is 0 Å². The molecule has 1 aliphatic carbocycles. The standard InChI is InChI=1S/C15H17NO2/c1-17-11-7-5-10(6-8-11)15-12-3-2-4-13(12)18-14(15)9-16/h5-8,12-15H,2-4H2,1H3/t12-,13+,14?,15-/m1/s1. The summed E-state index contributed by atoms with van der Waals surface area (Å²) in [6.45, 7) is 0. The van der Waals surface area contributed by atoms with Gasteiger partial charge in [0.1, 0.15) is 5.75 Å². The lowest BCUT2D eigenvalue weighted by Gasteiger charge is -2.18. The Labute approximate surface area is 107 Å². The fourth-order valence-electron chi connectivity index (χ4n) is 3.39. The molecule has 1 aromatic carbocycles. The zero-order chi connectivity index (χ0) is 12.5. The molecule has 1 unspecified atom stereocenters. The Bertz CT molecular complexity index is 462. The van der Waals surface area contributed by atoms with Crippen molar-refractivity contribution >= 4 is 0 Å². The first-order valence-electron chi connectivity index (χ1n) is 6.52. The van der Waals surface area contributed by atoms with Crippen LogP contribution in [0.15, 0.2) is 24.3 Å². The molecule has 2 aliphatic rings. The Morgan fingerprint density at radius 1 is 1.28 bits per heavy atom. The van der Waals surface area contributed by atoms with Gasteiger partial charge >= 0.3 is 0 Å². The Morgan fingerprint density at radius 3 is 2.72 bits per heavy atom. The van der Waals surface area contributed by atoms with Gasteiger partial charge in [0.05, 0.1) is 19.3 Å². The molecule has 0 spiro atoms. The minimum absolute atomic E-state index is 0.230. The van der Waals surface area contributed by atoms with E-state index >= 15 is 0 Å². The second-order valence-corrected chi connectivity index (χ2v) is 5.12. The van der Waals surface area contributed by atoms with E-state index in [-0.39, 0.29) is 12.0 Å². The molecule has 0 amide bonds. The van der Waals surface area contributed by atoms with E-state index in [1.165, 1.54) is 18.4 Å². The van der Waals surface area contributed by atoms with Crippen molar-refractivity contribution in [1.29, 1.82) is 5.26 Å². The van der Waals surface area contributed by atoms with Gasteiger partial charge in [-0.15, -0.1) is 0 Å². The van der Waals surface area contributed by atoms with E-state index in [4.69, 9.17) is 9.47 Å². The smallest absolute Gasteiger partial charge is 0.151 e. The van der Waals surface area contributed by atoms with E-state index in [9.17, 15) is 5.26 Å². The quantitative estimate of drug-likeness (QED) is 0.802. The van der Waals surface area contributed by atoms with Crippen molar-refractivity contribution in [1.82, 2.24) is 0 Å². The third-order valence-electron chi connectivity index (χ3n) is 4.24. The molecule has 94 valence electrons. The van der Waals surface area contributed by atoms with Crippen molar-refractivity contribution < 1.29 is 9.47 Å². The largest absolute Gasteiger partial charge is 0.497 e. The van der Waals surface area contributed by atoms with Crippen LogP contribution in [0, 0.1) is 17.2 Å². The van der Waals surface area contributed by atoms with Crippen LogP contribution in [0.3, 0.4) is 0 Å². The maximum absolute atomic E-state index is 9.25. The van der Waals surface area contributed by atoms with Gasteiger partial charge in [-0.2, -0.15) is 5.26 Å². The Kier molecular flexibility index (Phi) is 2.97. The number of fused-ring (bicyclic) bond motifs is 1. The number of hydrogen-bond acceptors (Lipinski definition) is 3. The van der Waals surface area contributed by atoms with Crippen molar-refractivity contribution in [3.05, 3.63) is 29.8 Å². The average Bonchev–Trinajstić information content (AvgIpc) is 2.98. The van der Waals surface area contributed by atoms with Crippen LogP contribution < -0.4 is 4.74 Å². The summed E-state index contributed by atoms with van der Waals surface area (Å²) in [4.78, 5) is 0. The first-order chi connectivity index (χ1) is 8.83. The zero-order valence-corrected chi connectivity index (χ0v) is 10.5. The topological polar surface area (TPSA) is 42.2 Å². The van der Waals surface area contributed by atoms with Crippen LogP contribution in [-0.2, 0) is 4.74 Å². The molecule has 0 radical (unpaired) electrons. The lowest BCUT2D eigenvalue weighted by molar-refractivity contribution is 0.0673. The molecule has 3 rings (SSSR count). The van der Waals surface area contributed by atoms with Gasteiger partial charge in [-0.05, 0) is 36.5 Å². The molecule has 1 aliphatic heterocycles. The fourth-order valence-corrected chi connectivity index (χ4v) is 3.39. The summed E-state index contributed by atoms with van der Waals surface area (Å²) in [6, 6.07) is 10.4. The third kappa shape index (κ3) is 1.77. The predicted octanol–water partition coefficient (Wildman–Crippen LogP) is 2.87. The highest BCUT2D eigenvalue weighted by molar-refractivity contribution is 5.33. The highest BCUT2D eigenvalue weighted by Crippen LogP contribution is 2.48. The lowest BCUT2D eigenvalue weighted by atomic mass is 9.83. The van der Waals surface area contributed by atoms with Crippen LogP contribution in [0.25, 0.3) is 0 Å². The third-order valence-corrected chi connectivity index (χ3v) is 4.24. The van der Waals surface area contributed by atoms with E-state index in [0.717, 1.165) is 12.2 Å². The number of hydrogen-bond donors (Lipinski definition) is 0. The number of rotatable bonds is 2. The molecule has 18 heavy (non-hydrogen) atoms. The van der Waals surface area contributed by atoms with Crippen LogP contribution in [0.2, 0.25) is 0 Å². The second-order valence-electron chi connectivity index (χ2n) is 5.12. The van der Waals surface area contributed by atoms with Crippen LogP contribution >= 0.6 is 0 Å². The van der Waals surface area contributed by atoms with Gasteiger partial charge in [-0.3, -0.25) is 0 Å². The maximum atomic E-state index is 9.25. The predicted molar refractivity (Wildman–Crippen MR) is 67.4 cm³/mol. The van der Waals surface area contributed by atoms with Gasteiger partial charge in [0.15, 0.2) is 6.10 Å².